The zero-order valence-corrected chi connectivity index (χ0v) is 20.5. The Labute approximate surface area is 200 Å². The average molecular weight is 472 g/mol. The maximum Gasteiger partial charge on any atom is 0.340 e. The van der Waals surface area contributed by atoms with Crippen molar-refractivity contribution in [3.63, 3.8) is 0 Å². The van der Waals surface area contributed by atoms with Crippen LogP contribution in [0.3, 0.4) is 0 Å². The smallest absolute Gasteiger partial charge is 0.340 e. The van der Waals surface area contributed by atoms with Crippen molar-refractivity contribution in [2.75, 3.05) is 27.9 Å². The number of ether oxygens (including phenoxy) is 4. The number of halogens is 1. The van der Waals surface area contributed by atoms with Crippen molar-refractivity contribution in [3.05, 3.63) is 64.4 Å². The van der Waals surface area contributed by atoms with Gasteiger partial charge in [0.15, 0.2) is 11.5 Å². The van der Waals surface area contributed by atoms with Crippen LogP contribution in [0.2, 0.25) is 0 Å². The van der Waals surface area contributed by atoms with Crippen molar-refractivity contribution in [2.45, 2.75) is 33.4 Å². The van der Waals surface area contributed by atoms with Crippen molar-refractivity contribution < 1.29 is 23.7 Å². The molecule has 0 N–H and O–H groups in total. The molecule has 0 unspecified atom stereocenters. The molecule has 1 aliphatic rings. The fourth-order valence-corrected chi connectivity index (χ4v) is 4.44. The van der Waals surface area contributed by atoms with Gasteiger partial charge in [-0.2, -0.15) is 0 Å². The van der Waals surface area contributed by atoms with Crippen LogP contribution in [0.4, 0.5) is 0 Å². The topological polar surface area (TPSA) is 58.9 Å². The second-order valence-corrected chi connectivity index (χ2v) is 8.15. The Kier molecular flexibility index (Phi) is 8.06. The van der Waals surface area contributed by atoms with Crippen molar-refractivity contribution >= 4 is 23.1 Å². The Hall–Kier alpha value is -2.96. The number of carbonyl (C=O) groups is 1. The second-order valence-electron chi connectivity index (χ2n) is 7.55. The zero-order chi connectivity index (χ0) is 24.1. The van der Waals surface area contributed by atoms with E-state index >= 15 is 0 Å². The molecule has 0 fully saturated rings. The van der Waals surface area contributed by atoms with Crippen LogP contribution in [0, 0.1) is 0 Å². The van der Waals surface area contributed by atoms with E-state index in [0.29, 0.717) is 35.2 Å². The van der Waals surface area contributed by atoms with Crippen molar-refractivity contribution in [3.8, 4) is 22.8 Å². The van der Waals surface area contributed by atoms with Crippen LogP contribution in [0.15, 0.2) is 42.0 Å². The summed E-state index contributed by atoms with van der Waals surface area (Å²) in [7, 11) is 4.85. The summed E-state index contributed by atoms with van der Waals surface area (Å²) in [5.74, 6) is 0.838. The van der Waals surface area contributed by atoms with Gasteiger partial charge in [-0.05, 0) is 49.6 Å². The molecule has 1 aromatic carbocycles. The number of aromatic nitrogens is 1. The fraction of sp³-hybridized carbons (Fsp3) is 0.346. The number of nitrogens with zero attached hydrogens (tertiary/aromatic N) is 1. The number of benzene rings is 1. The molecule has 0 aliphatic carbocycles. The molecule has 0 atom stereocenters. The Morgan fingerprint density at radius 2 is 1.88 bits per heavy atom. The third kappa shape index (κ3) is 4.72. The largest absolute Gasteiger partial charge is 0.493 e. The molecule has 2 heterocycles. The van der Waals surface area contributed by atoms with Gasteiger partial charge in [-0.3, -0.25) is 0 Å². The number of methoxy groups -OCH3 is 3. The minimum Gasteiger partial charge on any atom is -0.493 e. The van der Waals surface area contributed by atoms with E-state index in [9.17, 15) is 4.79 Å². The summed E-state index contributed by atoms with van der Waals surface area (Å²) in [4.78, 5) is 13.4. The molecule has 0 bridgehead atoms. The molecule has 0 saturated heterocycles. The number of esters is 1. The summed E-state index contributed by atoms with van der Waals surface area (Å²) in [5.41, 5.74) is 5.57. The number of rotatable bonds is 9. The lowest BCUT2D eigenvalue weighted by molar-refractivity contribution is 0.0527. The molecule has 0 spiro atoms. The van der Waals surface area contributed by atoms with Crippen LogP contribution >= 0.6 is 11.6 Å². The van der Waals surface area contributed by atoms with Gasteiger partial charge in [0.05, 0.1) is 44.4 Å². The molecule has 33 heavy (non-hydrogen) atoms. The summed E-state index contributed by atoms with van der Waals surface area (Å²) in [5, 5.41) is 0.581. The number of hydrogen-bond donors (Lipinski definition) is 0. The Morgan fingerprint density at radius 1 is 1.18 bits per heavy atom. The number of allylic oxidation sites excluding steroid dienone is 5. The van der Waals surface area contributed by atoms with Gasteiger partial charge in [0.1, 0.15) is 0 Å². The molecule has 7 heteroatoms. The highest BCUT2D eigenvalue weighted by molar-refractivity contribution is 6.30. The molecule has 0 radical (unpaired) electrons. The molecule has 3 rings (SSSR count). The third-order valence-electron chi connectivity index (χ3n) is 5.54. The van der Waals surface area contributed by atoms with E-state index in [2.05, 4.69) is 11.1 Å². The maximum absolute atomic E-state index is 13.4. The summed E-state index contributed by atoms with van der Waals surface area (Å²) in [6.07, 6.45) is 6.10. The summed E-state index contributed by atoms with van der Waals surface area (Å²) < 4.78 is 24.3. The van der Waals surface area contributed by atoms with Gasteiger partial charge in [0, 0.05) is 29.8 Å². The molecular formula is C26H30ClNO5. The lowest BCUT2D eigenvalue weighted by atomic mass is 9.93. The van der Waals surface area contributed by atoms with Crippen molar-refractivity contribution in [1.29, 1.82) is 0 Å². The Bertz CT molecular complexity index is 1120. The zero-order valence-electron chi connectivity index (χ0n) is 19.8. The van der Waals surface area contributed by atoms with Crippen LogP contribution in [0.5, 0.6) is 11.5 Å². The highest BCUT2D eigenvalue weighted by atomic mass is 35.5. The molecule has 0 saturated carbocycles. The molecule has 176 valence electrons. The highest BCUT2D eigenvalue weighted by Crippen LogP contribution is 2.45. The molecule has 1 aromatic heterocycles. The first kappa shape index (κ1) is 24.7. The molecule has 2 aromatic rings. The lowest BCUT2D eigenvalue weighted by Crippen LogP contribution is -2.15. The van der Waals surface area contributed by atoms with Gasteiger partial charge in [-0.25, -0.2) is 4.79 Å². The van der Waals surface area contributed by atoms with Crippen LogP contribution < -0.4 is 9.47 Å². The predicted octanol–water partition coefficient (Wildman–Crippen LogP) is 5.76. The van der Waals surface area contributed by atoms with Gasteiger partial charge < -0.3 is 23.5 Å². The minimum absolute atomic E-state index is 0.256. The number of carbonyl (C=O) groups excluding carboxylic acids is 1. The predicted molar refractivity (Wildman–Crippen MR) is 131 cm³/mol. The highest BCUT2D eigenvalue weighted by Gasteiger charge is 2.33. The first-order valence-electron chi connectivity index (χ1n) is 10.7. The van der Waals surface area contributed by atoms with E-state index in [-0.39, 0.29) is 6.61 Å². The van der Waals surface area contributed by atoms with Gasteiger partial charge >= 0.3 is 5.97 Å². The Morgan fingerprint density at radius 3 is 2.45 bits per heavy atom. The maximum atomic E-state index is 13.4. The first-order valence-corrected chi connectivity index (χ1v) is 11.1. The lowest BCUT2D eigenvalue weighted by Gasteiger charge is -2.23. The standard InChI is InChI=1S/C26H30ClNO5/c1-7-9-18(12-16(3)27)23-20(15-30-4)28-11-10-17-13-21(31-5)22(32-6)14-19(17)25(28)24(23)26(29)33-8-2/h7,9,12-14H,1,8,10-11,15H2,2-6H3/b16-12+,18-9+. The Balaban J connectivity index is 2.46. The minimum atomic E-state index is -0.406. The average Bonchev–Trinajstić information content (AvgIpc) is 3.12. The number of hydrogen-bond acceptors (Lipinski definition) is 5. The van der Waals surface area contributed by atoms with Gasteiger partial charge in [0.2, 0.25) is 0 Å². The third-order valence-corrected chi connectivity index (χ3v) is 5.65. The van der Waals surface area contributed by atoms with Gasteiger partial charge in [0.25, 0.3) is 0 Å². The first-order chi connectivity index (χ1) is 15.9. The van der Waals surface area contributed by atoms with Crippen LogP contribution in [0.1, 0.15) is 41.0 Å². The number of fused-ring (bicyclic) bond motifs is 3. The van der Waals surface area contributed by atoms with Crippen LogP contribution in [0.25, 0.3) is 16.8 Å². The van der Waals surface area contributed by atoms with E-state index in [1.807, 2.05) is 24.3 Å². The molecule has 6 nitrogen and oxygen atoms in total. The summed E-state index contributed by atoms with van der Waals surface area (Å²) in [6.45, 7) is 8.68. The SMILES string of the molecule is C=C/C=C(\C=C(/C)Cl)c1c(C(=O)OCC)c2n(c1COC)CCc1cc(OC)c(OC)cc1-2. The normalized spacial score (nSPS) is 13.3. The van der Waals surface area contributed by atoms with Crippen molar-refractivity contribution in [1.82, 2.24) is 4.57 Å². The summed E-state index contributed by atoms with van der Waals surface area (Å²) in [6, 6.07) is 3.89. The van der Waals surface area contributed by atoms with Gasteiger partial charge in [-0.15, -0.1) is 0 Å². The van der Waals surface area contributed by atoms with E-state index in [0.717, 1.165) is 40.1 Å². The molecule has 1 aliphatic heterocycles. The molecule has 0 amide bonds. The van der Waals surface area contributed by atoms with Crippen LogP contribution in [-0.4, -0.2) is 38.5 Å². The molecular weight excluding hydrogens is 442 g/mol. The second kappa shape index (κ2) is 10.8. The fourth-order valence-electron chi connectivity index (χ4n) is 4.32. The monoisotopic (exact) mass is 471 g/mol. The van der Waals surface area contributed by atoms with E-state index in [1.165, 1.54) is 0 Å². The van der Waals surface area contributed by atoms with E-state index in [4.69, 9.17) is 30.5 Å². The number of aryl methyl sites for hydroxylation is 1. The van der Waals surface area contributed by atoms with Gasteiger partial charge in [-0.1, -0.05) is 30.3 Å². The van der Waals surface area contributed by atoms with Crippen molar-refractivity contribution in [2.24, 2.45) is 0 Å². The van der Waals surface area contributed by atoms with Crippen LogP contribution in [-0.2, 0) is 29.0 Å². The van der Waals surface area contributed by atoms with E-state index < -0.39 is 5.97 Å². The summed E-state index contributed by atoms with van der Waals surface area (Å²) >= 11 is 6.26. The quantitative estimate of drug-likeness (QED) is 0.343. The van der Waals surface area contributed by atoms with E-state index in [1.54, 1.807) is 41.3 Å².